The van der Waals surface area contributed by atoms with Gasteiger partial charge in [0.15, 0.2) is 0 Å². The third-order valence-corrected chi connectivity index (χ3v) is 8.04. The van der Waals surface area contributed by atoms with Crippen LogP contribution in [0.1, 0.15) is 51.1 Å². The molecule has 0 aliphatic carbocycles. The van der Waals surface area contributed by atoms with Crippen molar-refractivity contribution in [1.29, 1.82) is 0 Å². The molecule has 2 atom stereocenters. The van der Waals surface area contributed by atoms with Crippen molar-refractivity contribution in [1.82, 2.24) is 4.72 Å². The lowest BCUT2D eigenvalue weighted by Gasteiger charge is -2.33. The van der Waals surface area contributed by atoms with Gasteiger partial charge in [-0.05, 0) is 61.6 Å². The highest BCUT2D eigenvalue weighted by Gasteiger charge is 2.33. The van der Waals surface area contributed by atoms with Gasteiger partial charge in [-0.3, -0.25) is 9.59 Å². The molecule has 2 aliphatic rings. The zero-order valence-corrected chi connectivity index (χ0v) is 20.6. The topological polar surface area (TPSA) is 96.0 Å². The van der Waals surface area contributed by atoms with Crippen LogP contribution in [0.25, 0.3) is 0 Å². The fourth-order valence-corrected chi connectivity index (χ4v) is 5.88. The van der Waals surface area contributed by atoms with Crippen molar-refractivity contribution in [3.8, 4) is 5.75 Å². The van der Waals surface area contributed by atoms with E-state index in [0.29, 0.717) is 5.92 Å². The fraction of sp³-hybridized carbons (Fsp3) is 0.440. The minimum atomic E-state index is -3.92. The maximum Gasteiger partial charge on any atom is 0.241 e. The number of nitrogens with one attached hydrogen (secondary N) is 1. The van der Waals surface area contributed by atoms with Crippen LogP contribution >= 0.6 is 0 Å². The lowest BCUT2D eigenvalue weighted by Crippen LogP contribution is -2.34. The second-order valence-corrected chi connectivity index (χ2v) is 10.8. The van der Waals surface area contributed by atoms with Gasteiger partial charge >= 0.3 is 0 Å². The fourth-order valence-electron chi connectivity index (χ4n) is 4.62. The Morgan fingerprint density at radius 2 is 1.74 bits per heavy atom. The number of hydrogen-bond acceptors (Lipinski definition) is 6. The summed E-state index contributed by atoms with van der Waals surface area (Å²) in [5, 5.41) is 0. The number of amides is 2. The molecular formula is C25H31N3O5S. The van der Waals surface area contributed by atoms with Crippen molar-refractivity contribution in [2.75, 3.05) is 30.0 Å². The monoisotopic (exact) mass is 485 g/mol. The van der Waals surface area contributed by atoms with E-state index in [1.54, 1.807) is 6.92 Å². The van der Waals surface area contributed by atoms with Gasteiger partial charge in [-0.1, -0.05) is 19.1 Å². The number of hydrogen-bond donors (Lipinski definition) is 1. The van der Waals surface area contributed by atoms with Crippen LogP contribution in [-0.2, 0) is 19.6 Å². The number of piperidine rings is 1. The first-order valence-corrected chi connectivity index (χ1v) is 13.1. The SMILES string of the molecule is COc1ccc(S(=O)(=O)N[C@@H](C)c2ccc(N3CCC[C@@H](C)C3)cc2)cc1N1C(=O)CCC1=O. The van der Waals surface area contributed by atoms with E-state index < -0.39 is 16.1 Å². The Hall–Kier alpha value is -2.91. The van der Waals surface area contributed by atoms with E-state index in [9.17, 15) is 18.0 Å². The number of carbonyl (C=O) groups is 2. The van der Waals surface area contributed by atoms with Gasteiger partial charge in [0, 0.05) is 37.7 Å². The number of sulfonamides is 1. The highest BCUT2D eigenvalue weighted by molar-refractivity contribution is 7.89. The molecule has 0 bridgehead atoms. The zero-order valence-electron chi connectivity index (χ0n) is 19.8. The molecule has 0 saturated carbocycles. The first kappa shape index (κ1) is 24.2. The second kappa shape index (κ2) is 9.76. The molecule has 8 nitrogen and oxygen atoms in total. The van der Waals surface area contributed by atoms with Crippen molar-refractivity contribution in [3.63, 3.8) is 0 Å². The summed E-state index contributed by atoms with van der Waals surface area (Å²) in [6.07, 6.45) is 2.62. The van der Waals surface area contributed by atoms with Gasteiger partial charge in [0.2, 0.25) is 21.8 Å². The molecule has 1 N–H and O–H groups in total. The molecule has 182 valence electrons. The summed E-state index contributed by atoms with van der Waals surface area (Å²) in [7, 11) is -2.51. The number of carbonyl (C=O) groups excluding carboxylic acids is 2. The molecule has 0 unspecified atom stereocenters. The first-order valence-electron chi connectivity index (χ1n) is 11.6. The van der Waals surface area contributed by atoms with Crippen molar-refractivity contribution in [2.45, 2.75) is 50.5 Å². The molecule has 34 heavy (non-hydrogen) atoms. The molecule has 2 saturated heterocycles. The number of nitrogens with zero attached hydrogens (tertiary/aromatic N) is 2. The Morgan fingerprint density at radius 3 is 2.35 bits per heavy atom. The molecule has 0 radical (unpaired) electrons. The molecule has 2 amide bonds. The van der Waals surface area contributed by atoms with E-state index in [4.69, 9.17) is 4.74 Å². The summed E-state index contributed by atoms with van der Waals surface area (Å²) < 4.78 is 34.3. The van der Waals surface area contributed by atoms with E-state index >= 15 is 0 Å². The minimum absolute atomic E-state index is 0.0402. The van der Waals surface area contributed by atoms with Crippen LogP contribution in [0.5, 0.6) is 5.75 Å². The van der Waals surface area contributed by atoms with Gasteiger partial charge in [-0.25, -0.2) is 18.0 Å². The summed E-state index contributed by atoms with van der Waals surface area (Å²) >= 11 is 0. The number of benzene rings is 2. The molecule has 2 heterocycles. The normalized spacial score (nSPS) is 20.0. The predicted octanol–water partition coefficient (Wildman–Crippen LogP) is 3.62. The Bertz CT molecular complexity index is 1160. The summed E-state index contributed by atoms with van der Waals surface area (Å²) in [5.41, 5.74) is 2.13. The summed E-state index contributed by atoms with van der Waals surface area (Å²) in [6.45, 7) is 6.11. The van der Waals surface area contributed by atoms with Crippen LogP contribution < -0.4 is 19.3 Å². The van der Waals surface area contributed by atoms with Crippen molar-refractivity contribution < 1.29 is 22.7 Å². The standard InChI is InChI=1S/C25H31N3O5S/c1-17-5-4-14-27(16-17)20-8-6-19(7-9-20)18(2)26-34(31,32)21-10-11-23(33-3)22(15-21)28-24(29)12-13-25(28)30/h6-11,15,17-18,26H,4-5,12-14,16H2,1-3H3/t17-,18+/m1/s1. The Labute approximate surface area is 200 Å². The lowest BCUT2D eigenvalue weighted by molar-refractivity contribution is -0.121. The molecule has 2 aliphatic heterocycles. The molecule has 2 fully saturated rings. The number of anilines is 2. The Balaban J connectivity index is 1.53. The summed E-state index contributed by atoms with van der Waals surface area (Å²) in [5.74, 6) is 0.183. The number of rotatable bonds is 7. The van der Waals surface area contributed by atoms with Crippen LogP contribution in [0.2, 0.25) is 0 Å². The molecular weight excluding hydrogens is 454 g/mol. The first-order chi connectivity index (χ1) is 16.2. The largest absolute Gasteiger partial charge is 0.495 e. The third kappa shape index (κ3) is 4.95. The molecule has 0 spiro atoms. The molecule has 9 heteroatoms. The van der Waals surface area contributed by atoms with Crippen LogP contribution in [0, 0.1) is 5.92 Å². The highest BCUT2D eigenvalue weighted by Crippen LogP contribution is 2.34. The highest BCUT2D eigenvalue weighted by atomic mass is 32.2. The van der Waals surface area contributed by atoms with Crippen LogP contribution in [0.4, 0.5) is 11.4 Å². The van der Waals surface area contributed by atoms with Crippen molar-refractivity contribution >= 4 is 33.2 Å². The van der Waals surface area contributed by atoms with Gasteiger partial charge in [-0.2, -0.15) is 0 Å². The summed E-state index contributed by atoms with van der Waals surface area (Å²) in [4.78, 5) is 27.8. The Kier molecular flexibility index (Phi) is 6.95. The van der Waals surface area contributed by atoms with E-state index in [0.717, 1.165) is 29.2 Å². The number of ether oxygens (including phenoxy) is 1. The maximum atomic E-state index is 13.1. The molecule has 2 aromatic rings. The Morgan fingerprint density at radius 1 is 1.06 bits per heavy atom. The maximum absolute atomic E-state index is 13.1. The smallest absolute Gasteiger partial charge is 0.241 e. The van der Waals surface area contributed by atoms with Gasteiger partial charge in [0.1, 0.15) is 5.75 Å². The molecule has 2 aromatic carbocycles. The van der Waals surface area contributed by atoms with Gasteiger partial charge in [0.25, 0.3) is 0 Å². The number of imide groups is 1. The summed E-state index contributed by atoms with van der Waals surface area (Å²) in [6, 6.07) is 11.7. The van der Waals surface area contributed by atoms with Crippen LogP contribution in [-0.4, -0.2) is 40.4 Å². The minimum Gasteiger partial charge on any atom is -0.495 e. The lowest BCUT2D eigenvalue weighted by atomic mass is 9.99. The predicted molar refractivity (Wildman–Crippen MR) is 131 cm³/mol. The average Bonchev–Trinajstić information content (AvgIpc) is 3.16. The van der Waals surface area contributed by atoms with Gasteiger partial charge in [0.05, 0.1) is 17.7 Å². The average molecular weight is 486 g/mol. The van der Waals surface area contributed by atoms with Gasteiger partial charge in [-0.15, -0.1) is 0 Å². The number of methoxy groups -OCH3 is 1. The van der Waals surface area contributed by atoms with Crippen LogP contribution in [0.3, 0.4) is 0 Å². The van der Waals surface area contributed by atoms with Crippen molar-refractivity contribution in [2.24, 2.45) is 5.92 Å². The van der Waals surface area contributed by atoms with Crippen LogP contribution in [0.15, 0.2) is 47.4 Å². The van der Waals surface area contributed by atoms with E-state index in [1.807, 2.05) is 24.3 Å². The molecule has 0 aromatic heterocycles. The molecule has 4 rings (SSSR count). The van der Waals surface area contributed by atoms with Gasteiger partial charge < -0.3 is 9.64 Å². The third-order valence-electron chi connectivity index (χ3n) is 6.50. The second-order valence-electron chi connectivity index (χ2n) is 9.08. The van der Waals surface area contributed by atoms with E-state index in [2.05, 4.69) is 16.5 Å². The quantitative estimate of drug-likeness (QED) is 0.602. The van der Waals surface area contributed by atoms with E-state index in [-0.39, 0.29) is 41.0 Å². The van der Waals surface area contributed by atoms with E-state index in [1.165, 1.54) is 38.2 Å². The zero-order chi connectivity index (χ0) is 24.5. The van der Waals surface area contributed by atoms with Crippen molar-refractivity contribution in [3.05, 3.63) is 48.0 Å².